The van der Waals surface area contributed by atoms with E-state index in [2.05, 4.69) is 127 Å². The Morgan fingerprint density at radius 2 is 0.669 bits per heavy atom. The largest absolute Gasteiger partial charge is 0.441 e. The van der Waals surface area contributed by atoms with Crippen LogP contribution in [0, 0.1) is 57.2 Å². The van der Waals surface area contributed by atoms with Gasteiger partial charge >= 0.3 is 35.9 Å². The average Bonchev–Trinajstić information content (AvgIpc) is 1.67. The number of hydrogen-bond donors (Lipinski definition) is 5. The van der Waals surface area contributed by atoms with E-state index in [9.17, 15) is 28.4 Å². The number of hydrogen-bond acceptors (Lipinski definition) is 22. The van der Waals surface area contributed by atoms with Gasteiger partial charge in [-0.05, 0) is 212 Å². The molecule has 3 unspecified atom stereocenters. The number of rotatable bonds is 30. The number of carbonyl (C=O) groups is 5. The molecule has 0 spiro atoms. The zero-order chi connectivity index (χ0) is 105. The van der Waals surface area contributed by atoms with Gasteiger partial charge in [0.05, 0.1) is 12.5 Å². The first-order valence-electron chi connectivity index (χ1n) is 47.9. The fourth-order valence-corrected chi connectivity index (χ4v) is 17.4. The quantitative estimate of drug-likeness (QED) is 0.0206. The summed E-state index contributed by atoms with van der Waals surface area (Å²) in [6, 6.07) is 95.2. The molecule has 148 heavy (non-hydrogen) atoms. The highest BCUT2D eigenvalue weighted by molar-refractivity contribution is 7.51. The van der Waals surface area contributed by atoms with Crippen molar-refractivity contribution < 1.29 is 73.8 Å². The molecular formula is C117H111Cl3FN11O15S. The zero-order valence-corrected chi connectivity index (χ0v) is 86.3. The fraction of sp³-hybridized carbons (Fsp3) is 0.222. The third-order valence-electron chi connectivity index (χ3n) is 24.5. The minimum Gasteiger partial charge on any atom is -0.441 e. The molecule has 5 heterocycles. The molecule has 5 N–H and O–H groups in total. The van der Waals surface area contributed by atoms with Gasteiger partial charge in [-0.3, -0.25) is 26.1 Å². The van der Waals surface area contributed by atoms with Gasteiger partial charge in [0, 0.05) is 96.9 Å². The zero-order valence-electron chi connectivity index (χ0n) is 83.2. The minimum atomic E-state index is -0.782. The molecule has 0 aliphatic carbocycles. The Hall–Kier alpha value is -16.2. The first-order chi connectivity index (χ1) is 71.4. The molecule has 1 fully saturated rings. The Balaban J connectivity index is 0.000000163. The molecule has 0 bridgehead atoms. The van der Waals surface area contributed by atoms with Gasteiger partial charge in [-0.15, -0.1) is 0 Å². The van der Waals surface area contributed by atoms with Gasteiger partial charge in [0.15, 0.2) is 23.0 Å². The van der Waals surface area contributed by atoms with Crippen molar-refractivity contribution in [2.75, 3.05) is 39.3 Å². The number of nitriles is 1. The summed E-state index contributed by atoms with van der Waals surface area (Å²) in [6.45, 7) is 19.8. The van der Waals surface area contributed by atoms with E-state index < -0.39 is 66.2 Å². The molecular weight excluding hydrogens is 1960 g/mol. The van der Waals surface area contributed by atoms with E-state index >= 15 is 0 Å². The summed E-state index contributed by atoms with van der Waals surface area (Å²) in [7, 11) is 0. The number of halogens is 4. The van der Waals surface area contributed by atoms with Crippen LogP contribution in [0.4, 0.5) is 52.0 Å². The number of benzene rings is 12. The Morgan fingerprint density at radius 3 is 0.986 bits per heavy atom. The second-order valence-corrected chi connectivity index (χ2v) is 36.9. The summed E-state index contributed by atoms with van der Waals surface area (Å²) in [5, 5.41) is 45.5. The maximum absolute atomic E-state index is 14.0. The van der Waals surface area contributed by atoms with E-state index in [4.69, 9.17) is 90.9 Å². The lowest BCUT2D eigenvalue weighted by Gasteiger charge is -2.28. The first kappa shape index (κ1) is 109. The van der Waals surface area contributed by atoms with Gasteiger partial charge in [0.25, 0.3) is 0 Å². The lowest BCUT2D eigenvalue weighted by Crippen LogP contribution is -2.29. The molecule has 31 heteroatoms. The first-order valence-corrected chi connectivity index (χ1v) is 49.7. The molecule has 1 aliphatic rings. The number of aryl methyl sites for hydroxylation is 5. The van der Waals surface area contributed by atoms with E-state index in [0.29, 0.717) is 109 Å². The number of carbonyl (C=O) groups excluding carboxylic acids is 5. The molecule has 26 nitrogen and oxygen atoms in total. The molecule has 1 saturated heterocycles. The SMILES string of the molecule is CC(=O)CC(=N)Cc1ccc(Cc2ccc(-c3onc(C)c3NC(=O)O[C@H](C)c3ccccc3F)cc2)cc1.Cc1ccccc1Cc1ccc(-c2onc(C)c2NC(=O)OC(C)c2ccccc2Cl)cc1.Cc1noc(-c2ccc(Cc3ccc(CC#N)cc3)cc2)c1NC(=O)OC(C)c1ccccc1Cl.Cc1noc(-c2ccc(Cc3ccc(N4CCCCC4)cc3)cc2)c1NC(=O)OC(C)c1ccccc1Cl.O=S=O. The summed E-state index contributed by atoms with van der Waals surface area (Å²) in [6.07, 6.45) is 3.21. The monoisotopic (exact) mass is 2070 g/mol. The van der Waals surface area contributed by atoms with Crippen LogP contribution in [0.3, 0.4) is 0 Å². The predicted octanol–water partition coefficient (Wildman–Crippen LogP) is 29.5. The second kappa shape index (κ2) is 53.6. The van der Waals surface area contributed by atoms with Gasteiger partial charge in [0.2, 0.25) is 0 Å². The molecule has 0 saturated carbocycles. The molecule has 0 radical (unpaired) electrons. The Bertz CT molecular complexity index is 7310. The summed E-state index contributed by atoms with van der Waals surface area (Å²) < 4.78 is 74.7. The number of ether oxygens (including phenoxy) is 4. The average molecular weight is 2070 g/mol. The van der Waals surface area contributed by atoms with Crippen LogP contribution >= 0.6 is 34.8 Å². The van der Waals surface area contributed by atoms with Crippen LogP contribution in [0.15, 0.2) is 309 Å². The summed E-state index contributed by atoms with van der Waals surface area (Å²) >= 11 is 17.9. The van der Waals surface area contributed by atoms with Crippen LogP contribution in [0.25, 0.3) is 45.3 Å². The summed E-state index contributed by atoms with van der Waals surface area (Å²) in [4.78, 5) is 64.1. The topological polar surface area (TPSA) is 360 Å². The van der Waals surface area contributed by atoms with Gasteiger partial charge in [-0.25, -0.2) is 23.6 Å². The predicted molar refractivity (Wildman–Crippen MR) is 574 cm³/mol. The van der Waals surface area contributed by atoms with Gasteiger partial charge in [-0.2, -0.15) is 13.7 Å². The van der Waals surface area contributed by atoms with Crippen LogP contribution < -0.4 is 26.2 Å². The standard InChI is InChI=1S/C31H32ClN3O3.C31H30FN3O4.C28H24ClN3O3.C27H25ClN2O3.O2S/c1-21-29(33-31(36)37-22(2)27-8-4-5-9-28(27)32)30(38-34-21)25-14-10-23(11-15-25)20-24-12-16-26(17-13-24)35-18-6-3-7-19-35;1-19(36)16-26(33)18-24-10-8-22(9-11-24)17-23-12-14-25(15-13-23)30-29(20(2)35-39-30)34-31(37)38-21(3)27-6-4-5-7-28(27)32;1-18-26(31-28(33)34-19(2)24-5-3-4-6-25(24)29)27(35-32-18)23-13-11-22(12-14-23)17-21-9-7-20(8-10-21)15-16-30;1-17-8-4-5-9-22(17)16-20-12-14-21(15-13-20)26-25(18(2)30-33-26)29-27(31)32-19(3)23-10-6-7-11-24(23)28;1-3-2/h4-5,8-17,22H,3,6-7,18-20H2,1-2H3,(H,33,36);4-15,21,33H,16-18H2,1-3H3,(H,34,37);3-14,19H,15,17H2,1-2H3,(H,31,33);4-15,19H,16H2,1-3H3,(H,29,31);/t;21-;;;/m.1.../s1. The molecule has 16 aromatic rings. The van der Waals surface area contributed by atoms with E-state index in [-0.39, 0.29) is 17.8 Å². The Kier molecular flexibility index (Phi) is 39.5. The summed E-state index contributed by atoms with van der Waals surface area (Å²) in [5.74, 6) is 1.38. The van der Waals surface area contributed by atoms with Crippen LogP contribution in [-0.4, -0.2) is 78.0 Å². The molecule has 758 valence electrons. The van der Waals surface area contributed by atoms with Crippen molar-refractivity contribution in [3.8, 4) is 51.4 Å². The minimum absolute atomic E-state index is 0.00210. The van der Waals surface area contributed by atoms with E-state index in [1.54, 1.807) is 91.8 Å². The maximum atomic E-state index is 14.0. The number of amides is 4. The van der Waals surface area contributed by atoms with Crippen LogP contribution in [0.2, 0.25) is 15.1 Å². The van der Waals surface area contributed by atoms with E-state index in [1.165, 1.54) is 65.8 Å². The third-order valence-corrected chi connectivity index (χ3v) is 25.5. The fourth-order valence-electron chi connectivity index (χ4n) is 16.6. The normalized spacial score (nSPS) is 12.1. The molecule has 12 aromatic carbocycles. The van der Waals surface area contributed by atoms with Crippen molar-refractivity contribution in [3.63, 3.8) is 0 Å². The number of aromatic nitrogens is 4. The van der Waals surface area contributed by atoms with Crippen LogP contribution in [0.1, 0.15) is 191 Å². The van der Waals surface area contributed by atoms with Gasteiger partial charge in [0.1, 0.15) is 81.5 Å². The number of anilines is 5. The van der Waals surface area contributed by atoms with Gasteiger partial charge in [-0.1, -0.05) is 310 Å². The van der Waals surface area contributed by atoms with E-state index in [1.807, 2.05) is 182 Å². The van der Waals surface area contributed by atoms with Crippen molar-refractivity contribution in [2.45, 2.75) is 158 Å². The highest BCUT2D eigenvalue weighted by Crippen LogP contribution is 2.40. The summed E-state index contributed by atoms with van der Waals surface area (Å²) in [5.41, 5.74) is 24.1. The Morgan fingerprint density at radius 1 is 0.392 bits per heavy atom. The number of piperidine rings is 1. The molecule has 4 aromatic heterocycles. The number of nitrogens with one attached hydrogen (secondary N) is 5. The maximum Gasteiger partial charge on any atom is 0.412 e. The molecule has 4 amide bonds. The van der Waals surface area contributed by atoms with Crippen molar-refractivity contribution in [1.29, 1.82) is 10.7 Å². The highest BCUT2D eigenvalue weighted by Gasteiger charge is 2.28. The molecule has 17 rings (SSSR count). The van der Waals surface area contributed by atoms with Crippen LogP contribution in [0.5, 0.6) is 0 Å². The van der Waals surface area contributed by atoms with E-state index in [0.717, 1.165) is 105 Å². The third kappa shape index (κ3) is 30.9. The lowest BCUT2D eigenvalue weighted by atomic mass is 9.99. The smallest absolute Gasteiger partial charge is 0.412 e. The van der Waals surface area contributed by atoms with Crippen molar-refractivity contribution in [3.05, 3.63) is 418 Å². The number of nitrogens with zero attached hydrogens (tertiary/aromatic N) is 6. The highest BCUT2D eigenvalue weighted by atomic mass is 35.5. The number of ketones is 1. The molecule has 1 aliphatic heterocycles. The number of Topliss-reactive ketones (excluding diaryl/α,β-unsaturated/α-hetero) is 1. The van der Waals surface area contributed by atoms with Crippen LogP contribution in [-0.2, 0) is 73.8 Å². The second-order valence-electron chi connectivity index (χ2n) is 35.5. The van der Waals surface area contributed by atoms with Crippen molar-refractivity contribution in [1.82, 2.24) is 20.6 Å². The van der Waals surface area contributed by atoms with Crippen molar-refractivity contribution in [2.24, 2.45) is 0 Å². The van der Waals surface area contributed by atoms with Crippen molar-refractivity contribution >= 4 is 111 Å². The van der Waals surface area contributed by atoms with Gasteiger partial charge < -0.3 is 47.3 Å². The molecule has 4 atom stereocenters. The Labute approximate surface area is 876 Å². The lowest BCUT2D eigenvalue weighted by molar-refractivity contribution is -0.115.